The number of halogens is 3. The number of hydrogen-bond donors (Lipinski definition) is 0. The molecule has 0 N–H and O–H groups in total. The third kappa shape index (κ3) is 4.43. The van der Waals surface area contributed by atoms with Crippen molar-refractivity contribution in [2.24, 2.45) is 5.10 Å². The molecule has 9 heteroatoms. The van der Waals surface area contributed by atoms with Crippen LogP contribution in [0, 0.1) is 0 Å². The molecule has 0 bridgehead atoms. The molecule has 6 rings (SSSR count). The Hall–Kier alpha value is -2.61. The van der Waals surface area contributed by atoms with Gasteiger partial charge in [-0.2, -0.15) is 5.10 Å². The highest BCUT2D eigenvalue weighted by Gasteiger charge is 2.62. The fourth-order valence-corrected chi connectivity index (χ4v) is 9.04. The molecule has 1 atom stereocenters. The SMILES string of the molecule is CCOC(=O)C1=NN(c2cccc(Cl)c2)[C@]2(S1)SC(c1ccc(Cl)cc1)(c1ccc(Cl)cc1)c1ccccc12. The molecule has 2 aliphatic heterocycles. The van der Waals surface area contributed by atoms with Crippen LogP contribution < -0.4 is 5.01 Å². The molecule has 1 spiro atoms. The van der Waals surface area contributed by atoms with Gasteiger partial charge in [-0.05, 0) is 66.1 Å². The number of anilines is 1. The topological polar surface area (TPSA) is 41.9 Å². The zero-order valence-electron chi connectivity index (χ0n) is 20.6. The summed E-state index contributed by atoms with van der Waals surface area (Å²) in [5, 5.41) is 8.90. The number of carbonyl (C=O) groups is 1. The lowest BCUT2D eigenvalue weighted by Crippen LogP contribution is -2.34. The molecule has 4 aromatic carbocycles. The van der Waals surface area contributed by atoms with Crippen molar-refractivity contribution in [1.82, 2.24) is 0 Å². The van der Waals surface area contributed by atoms with Gasteiger partial charge in [-0.3, -0.25) is 0 Å². The van der Waals surface area contributed by atoms with Gasteiger partial charge in [0, 0.05) is 20.6 Å². The molecule has 4 aromatic rings. The molecular weight excluding hydrogens is 591 g/mol. The smallest absolute Gasteiger partial charge is 0.365 e. The van der Waals surface area contributed by atoms with Crippen molar-refractivity contribution < 1.29 is 9.53 Å². The van der Waals surface area contributed by atoms with E-state index in [9.17, 15) is 4.79 Å². The van der Waals surface area contributed by atoms with E-state index >= 15 is 0 Å². The van der Waals surface area contributed by atoms with Gasteiger partial charge in [0.2, 0.25) is 5.04 Å². The van der Waals surface area contributed by atoms with Crippen molar-refractivity contribution in [2.75, 3.05) is 11.6 Å². The number of rotatable bonds is 5. The fraction of sp³-hybridized carbons (Fsp3) is 0.133. The number of hydrazone groups is 1. The summed E-state index contributed by atoms with van der Waals surface area (Å²) in [5.41, 5.74) is 4.95. The lowest BCUT2D eigenvalue weighted by molar-refractivity contribution is -0.134. The zero-order chi connectivity index (χ0) is 27.2. The van der Waals surface area contributed by atoms with Gasteiger partial charge in [0.15, 0.2) is 4.20 Å². The average Bonchev–Trinajstić information content (AvgIpc) is 3.47. The molecular formula is C30H21Cl3N2O2S2. The van der Waals surface area contributed by atoms with Crippen LogP contribution in [0.15, 0.2) is 102 Å². The third-order valence-corrected chi connectivity index (χ3v) is 10.7. The van der Waals surface area contributed by atoms with Crippen molar-refractivity contribution in [1.29, 1.82) is 0 Å². The van der Waals surface area contributed by atoms with E-state index in [1.807, 2.05) is 65.7 Å². The van der Waals surface area contributed by atoms with Gasteiger partial charge in [-0.25, -0.2) is 9.80 Å². The van der Waals surface area contributed by atoms with Gasteiger partial charge >= 0.3 is 5.97 Å². The Balaban J connectivity index is 1.63. The highest BCUT2D eigenvalue weighted by atomic mass is 35.5. The minimum Gasteiger partial charge on any atom is -0.461 e. The Labute approximate surface area is 250 Å². The number of fused-ring (bicyclic) bond motifs is 2. The molecule has 0 unspecified atom stereocenters. The van der Waals surface area contributed by atoms with Gasteiger partial charge in [-0.1, -0.05) is 113 Å². The summed E-state index contributed by atoms with van der Waals surface area (Å²) in [6.07, 6.45) is 0. The molecule has 2 heterocycles. The first-order chi connectivity index (χ1) is 18.9. The maximum Gasteiger partial charge on any atom is 0.365 e. The molecule has 0 saturated heterocycles. The van der Waals surface area contributed by atoms with Crippen LogP contribution in [0.4, 0.5) is 5.69 Å². The number of benzene rings is 4. The van der Waals surface area contributed by atoms with E-state index in [1.165, 1.54) is 11.8 Å². The van der Waals surface area contributed by atoms with Crippen LogP contribution in [0.2, 0.25) is 15.1 Å². The van der Waals surface area contributed by atoms with Crippen LogP contribution in [0.3, 0.4) is 0 Å². The summed E-state index contributed by atoms with van der Waals surface area (Å²) in [6, 6.07) is 31.6. The quantitative estimate of drug-likeness (QED) is 0.211. The van der Waals surface area contributed by atoms with Crippen molar-refractivity contribution in [3.8, 4) is 0 Å². The molecule has 39 heavy (non-hydrogen) atoms. The lowest BCUT2D eigenvalue weighted by atomic mass is 9.82. The van der Waals surface area contributed by atoms with Gasteiger partial charge in [-0.15, -0.1) is 0 Å². The second-order valence-corrected chi connectivity index (χ2v) is 13.1. The van der Waals surface area contributed by atoms with Crippen molar-refractivity contribution in [2.45, 2.75) is 15.9 Å². The van der Waals surface area contributed by atoms with Crippen LogP contribution in [0.1, 0.15) is 29.2 Å². The molecule has 0 aromatic heterocycles. The number of carbonyl (C=O) groups excluding carboxylic acids is 1. The second-order valence-electron chi connectivity index (χ2n) is 8.94. The van der Waals surface area contributed by atoms with Crippen LogP contribution >= 0.6 is 58.3 Å². The summed E-state index contributed by atoms with van der Waals surface area (Å²) in [4.78, 5) is 13.1. The third-order valence-electron chi connectivity index (χ3n) is 6.65. The fourth-order valence-electron chi connectivity index (χ4n) is 5.04. The van der Waals surface area contributed by atoms with Crippen molar-refractivity contribution in [3.05, 3.63) is 134 Å². The molecule has 4 nitrogen and oxygen atoms in total. The first-order valence-electron chi connectivity index (χ1n) is 12.2. The van der Waals surface area contributed by atoms with E-state index in [0.29, 0.717) is 15.1 Å². The van der Waals surface area contributed by atoms with E-state index in [1.54, 1.807) is 18.7 Å². The Morgan fingerprint density at radius 1 is 0.821 bits per heavy atom. The Morgan fingerprint density at radius 3 is 2.03 bits per heavy atom. The molecule has 2 aliphatic rings. The average molecular weight is 612 g/mol. The maximum atomic E-state index is 13.1. The zero-order valence-corrected chi connectivity index (χ0v) is 24.5. The van der Waals surface area contributed by atoms with E-state index in [4.69, 9.17) is 44.6 Å². The minimum atomic E-state index is -0.845. The number of nitrogens with zero attached hydrogens (tertiary/aromatic N) is 2. The van der Waals surface area contributed by atoms with Crippen molar-refractivity contribution >= 4 is 75.0 Å². The predicted molar refractivity (Wildman–Crippen MR) is 164 cm³/mol. The highest BCUT2D eigenvalue weighted by Crippen LogP contribution is 2.71. The predicted octanol–water partition coefficient (Wildman–Crippen LogP) is 8.93. The van der Waals surface area contributed by atoms with Crippen LogP contribution in [0.5, 0.6) is 0 Å². The Bertz CT molecular complexity index is 1550. The molecule has 0 fully saturated rings. The van der Waals surface area contributed by atoms with E-state index in [-0.39, 0.29) is 11.7 Å². The summed E-state index contributed by atoms with van der Waals surface area (Å²) in [6.45, 7) is 2.04. The van der Waals surface area contributed by atoms with Crippen LogP contribution in [0.25, 0.3) is 0 Å². The standard InChI is InChI=1S/C30H21Cl3N2O2S2/c1-2-37-28(36)27-34-35(24-7-5-6-23(33)18-24)30(38-27)26-9-4-3-8-25(26)29(39-30,19-10-14-21(31)15-11-19)20-12-16-22(32)17-13-20/h3-18H,2H2,1H3/t30-/m1/s1. The van der Waals surface area contributed by atoms with Gasteiger partial charge in [0.1, 0.15) is 0 Å². The normalized spacial score (nSPS) is 19.2. The summed E-state index contributed by atoms with van der Waals surface area (Å²) in [5.74, 6) is -0.458. The molecule has 0 amide bonds. The summed E-state index contributed by atoms with van der Waals surface area (Å²) >= 11 is 22.2. The minimum absolute atomic E-state index is 0.256. The Kier molecular flexibility index (Phi) is 7.11. The van der Waals surface area contributed by atoms with Gasteiger partial charge in [0.05, 0.1) is 17.0 Å². The highest BCUT2D eigenvalue weighted by molar-refractivity contribution is 8.27. The first kappa shape index (κ1) is 26.6. The van der Waals surface area contributed by atoms with E-state index in [0.717, 1.165) is 27.9 Å². The second kappa shape index (κ2) is 10.4. The molecule has 0 saturated carbocycles. The van der Waals surface area contributed by atoms with Crippen LogP contribution in [-0.2, 0) is 18.5 Å². The van der Waals surface area contributed by atoms with E-state index < -0.39 is 14.9 Å². The van der Waals surface area contributed by atoms with E-state index in [2.05, 4.69) is 36.4 Å². The van der Waals surface area contributed by atoms with Crippen molar-refractivity contribution in [3.63, 3.8) is 0 Å². The molecule has 0 radical (unpaired) electrons. The lowest BCUT2D eigenvalue weighted by Gasteiger charge is -2.37. The largest absolute Gasteiger partial charge is 0.461 e. The van der Waals surface area contributed by atoms with Gasteiger partial charge in [0.25, 0.3) is 0 Å². The molecule has 196 valence electrons. The first-order valence-corrected chi connectivity index (χ1v) is 15.0. The summed E-state index contributed by atoms with van der Waals surface area (Å²) < 4.78 is 3.87. The number of ether oxygens (including phenoxy) is 1. The monoisotopic (exact) mass is 610 g/mol. The van der Waals surface area contributed by atoms with Gasteiger partial charge < -0.3 is 4.74 Å². The number of thioether (sulfide) groups is 2. The number of esters is 1. The number of hydrogen-bond acceptors (Lipinski definition) is 6. The maximum absolute atomic E-state index is 13.1. The van der Waals surface area contributed by atoms with Crippen LogP contribution in [-0.4, -0.2) is 17.6 Å². The molecule has 0 aliphatic carbocycles. The Morgan fingerprint density at radius 2 is 1.44 bits per heavy atom. The summed E-state index contributed by atoms with van der Waals surface area (Å²) in [7, 11) is 0.